The van der Waals surface area contributed by atoms with Gasteiger partial charge in [0.2, 0.25) is 5.78 Å². The molecule has 0 radical (unpaired) electrons. The van der Waals surface area contributed by atoms with Crippen molar-refractivity contribution in [1.29, 1.82) is 0 Å². The van der Waals surface area contributed by atoms with Gasteiger partial charge in [0, 0.05) is 5.57 Å². The van der Waals surface area contributed by atoms with Crippen molar-refractivity contribution in [1.82, 2.24) is 0 Å². The first kappa shape index (κ1) is 20.7. The Morgan fingerprint density at radius 3 is 2.42 bits per heavy atom. The van der Waals surface area contributed by atoms with E-state index in [-0.39, 0.29) is 17.8 Å². The second-order valence-corrected chi connectivity index (χ2v) is 7.39. The summed E-state index contributed by atoms with van der Waals surface area (Å²) in [4.78, 5) is 12.8. The molecule has 0 saturated carbocycles. The monoisotopic (exact) mass is 336 g/mol. The van der Waals surface area contributed by atoms with Gasteiger partial charge in [0.15, 0.2) is 5.60 Å². The Morgan fingerprint density at radius 2 is 1.92 bits per heavy atom. The maximum atomic E-state index is 12.8. The van der Waals surface area contributed by atoms with Gasteiger partial charge in [-0.1, -0.05) is 38.8 Å². The van der Waals surface area contributed by atoms with Gasteiger partial charge in [-0.2, -0.15) is 0 Å². The molecule has 136 valence electrons. The number of hydrogen-bond donors (Lipinski definition) is 3. The molecule has 0 aromatic heterocycles. The Hall–Kier alpha value is -1.39. The van der Waals surface area contributed by atoms with E-state index < -0.39 is 17.5 Å². The van der Waals surface area contributed by atoms with Crippen LogP contribution in [-0.4, -0.2) is 32.8 Å². The van der Waals surface area contributed by atoms with Crippen LogP contribution in [0.5, 0.6) is 0 Å². The average molecular weight is 336 g/mol. The quantitative estimate of drug-likeness (QED) is 0.586. The molecule has 0 aromatic carbocycles. The molecule has 3 N–H and O–H groups in total. The summed E-state index contributed by atoms with van der Waals surface area (Å²) in [5, 5.41) is 31.8. The van der Waals surface area contributed by atoms with Crippen LogP contribution in [-0.2, 0) is 4.79 Å². The predicted octanol–water partition coefficient (Wildman–Crippen LogP) is 3.99. The molecule has 1 rings (SSSR count). The summed E-state index contributed by atoms with van der Waals surface area (Å²) in [6.45, 7) is 9.84. The molecule has 1 aliphatic carbocycles. The maximum Gasteiger partial charge on any atom is 0.200 e. The molecule has 1 unspecified atom stereocenters. The van der Waals surface area contributed by atoms with Gasteiger partial charge in [-0.15, -0.1) is 0 Å². The Morgan fingerprint density at radius 1 is 1.29 bits per heavy atom. The van der Waals surface area contributed by atoms with Crippen LogP contribution in [0.4, 0.5) is 0 Å². The number of carbonyl (C=O) groups excluding carboxylic acids is 1. The first-order chi connectivity index (χ1) is 11.1. The fourth-order valence-electron chi connectivity index (χ4n) is 2.81. The second kappa shape index (κ2) is 8.63. The Kier molecular flexibility index (Phi) is 7.43. The van der Waals surface area contributed by atoms with Crippen molar-refractivity contribution in [3.05, 3.63) is 34.6 Å². The van der Waals surface area contributed by atoms with Gasteiger partial charge >= 0.3 is 0 Å². The number of allylic oxidation sites excluding steroid dienone is 4. The van der Waals surface area contributed by atoms with Gasteiger partial charge in [-0.05, 0) is 57.1 Å². The van der Waals surface area contributed by atoms with Crippen LogP contribution in [0.15, 0.2) is 34.6 Å². The van der Waals surface area contributed by atoms with E-state index in [4.69, 9.17) is 0 Å². The number of aliphatic hydroxyl groups is 3. The number of Topliss-reactive ketones (excluding diaryl/α,β-unsaturated/α-hetero) is 1. The highest BCUT2D eigenvalue weighted by molar-refractivity contribution is 6.06. The van der Waals surface area contributed by atoms with Crippen molar-refractivity contribution in [2.75, 3.05) is 0 Å². The summed E-state index contributed by atoms with van der Waals surface area (Å²) >= 11 is 0. The summed E-state index contributed by atoms with van der Waals surface area (Å²) in [6.07, 6.45) is 4.95. The van der Waals surface area contributed by atoms with E-state index in [1.807, 2.05) is 40.7 Å². The van der Waals surface area contributed by atoms with Crippen LogP contribution in [0.1, 0.15) is 66.7 Å². The third-order valence-corrected chi connectivity index (χ3v) is 4.40. The summed E-state index contributed by atoms with van der Waals surface area (Å²) in [5.41, 5.74) is -0.124. The number of carbonyl (C=O) groups is 1. The zero-order valence-corrected chi connectivity index (χ0v) is 15.6. The summed E-state index contributed by atoms with van der Waals surface area (Å²) in [6, 6.07) is 0. The topological polar surface area (TPSA) is 77.8 Å². The molecule has 4 nitrogen and oxygen atoms in total. The third kappa shape index (κ3) is 4.81. The minimum atomic E-state index is -1.92. The lowest BCUT2D eigenvalue weighted by atomic mass is 9.76. The minimum Gasteiger partial charge on any atom is -0.508 e. The molecule has 0 saturated heterocycles. The molecule has 0 heterocycles. The molecular weight excluding hydrogens is 304 g/mol. The highest BCUT2D eigenvalue weighted by atomic mass is 16.3. The molecule has 24 heavy (non-hydrogen) atoms. The first-order valence-corrected chi connectivity index (χ1v) is 8.86. The molecule has 0 fully saturated rings. The van der Waals surface area contributed by atoms with E-state index >= 15 is 0 Å². The molecule has 2 atom stereocenters. The number of hydrogen-bond acceptors (Lipinski definition) is 4. The van der Waals surface area contributed by atoms with Crippen molar-refractivity contribution in [2.24, 2.45) is 5.92 Å². The molecule has 4 heteroatoms. The number of aliphatic hydroxyl groups excluding tert-OH is 2. The minimum absolute atomic E-state index is 0.157. The molecule has 0 bridgehead atoms. The summed E-state index contributed by atoms with van der Waals surface area (Å²) in [7, 11) is 0. The maximum absolute atomic E-state index is 12.8. The summed E-state index contributed by atoms with van der Waals surface area (Å²) in [5.74, 6) is -0.536. The predicted molar refractivity (Wildman–Crippen MR) is 96.7 cm³/mol. The van der Waals surface area contributed by atoms with Crippen LogP contribution in [0, 0.1) is 5.92 Å². The Balaban J connectivity index is 3.30. The lowest BCUT2D eigenvalue weighted by Gasteiger charge is -2.33. The fraction of sp³-hybridized carbons (Fsp3) is 0.650. The van der Waals surface area contributed by atoms with Crippen molar-refractivity contribution < 1.29 is 20.1 Å². The van der Waals surface area contributed by atoms with Crippen LogP contribution in [0.2, 0.25) is 0 Å². The standard InChI is InChI=1S/C20H32O4/c1-6-7-17(21)16-12-15(9-8-13(2)3)18(22)20(24,19(16)23)11-10-14(4)5/h8,12,14,17,21-22,24H,6-7,9-11H2,1-5H3/t17?,20-/m1/s1. The van der Waals surface area contributed by atoms with Gasteiger partial charge in [0.1, 0.15) is 5.76 Å². The van der Waals surface area contributed by atoms with Gasteiger partial charge in [0.25, 0.3) is 0 Å². The van der Waals surface area contributed by atoms with Crippen LogP contribution < -0.4 is 0 Å². The average Bonchev–Trinajstić information content (AvgIpc) is 2.50. The lowest BCUT2D eigenvalue weighted by Crippen LogP contribution is -2.46. The van der Waals surface area contributed by atoms with Crippen LogP contribution >= 0.6 is 0 Å². The van der Waals surface area contributed by atoms with E-state index in [1.54, 1.807) is 6.08 Å². The van der Waals surface area contributed by atoms with E-state index in [2.05, 4.69) is 0 Å². The van der Waals surface area contributed by atoms with E-state index in [1.165, 1.54) is 0 Å². The normalized spacial score (nSPS) is 22.7. The van der Waals surface area contributed by atoms with Crippen LogP contribution in [0.3, 0.4) is 0 Å². The van der Waals surface area contributed by atoms with Gasteiger partial charge in [0.05, 0.1) is 6.10 Å². The second-order valence-electron chi connectivity index (χ2n) is 7.39. The number of rotatable bonds is 8. The molecule has 0 aromatic rings. The first-order valence-electron chi connectivity index (χ1n) is 8.86. The van der Waals surface area contributed by atoms with Crippen molar-refractivity contribution in [2.45, 2.75) is 78.4 Å². The van der Waals surface area contributed by atoms with Gasteiger partial charge in [-0.25, -0.2) is 0 Å². The fourth-order valence-corrected chi connectivity index (χ4v) is 2.81. The van der Waals surface area contributed by atoms with Crippen molar-refractivity contribution in [3.8, 4) is 0 Å². The number of ketones is 1. The zero-order chi connectivity index (χ0) is 18.5. The van der Waals surface area contributed by atoms with E-state index in [0.29, 0.717) is 30.8 Å². The smallest absolute Gasteiger partial charge is 0.200 e. The summed E-state index contributed by atoms with van der Waals surface area (Å²) < 4.78 is 0. The van der Waals surface area contributed by atoms with E-state index in [0.717, 1.165) is 12.0 Å². The molecule has 1 aliphatic rings. The lowest BCUT2D eigenvalue weighted by molar-refractivity contribution is -0.135. The Bertz CT molecular complexity index is 550. The molecular formula is C20H32O4. The SMILES string of the molecule is CCCC(O)C1=CC(CC=C(C)C)=C(O)[C@](O)(CCC(C)C)C1=O. The Labute approximate surface area is 145 Å². The molecule has 0 amide bonds. The largest absolute Gasteiger partial charge is 0.508 e. The van der Waals surface area contributed by atoms with Crippen molar-refractivity contribution >= 4 is 5.78 Å². The van der Waals surface area contributed by atoms with Gasteiger partial charge in [-0.3, -0.25) is 4.79 Å². The molecule has 0 spiro atoms. The highest BCUT2D eigenvalue weighted by Crippen LogP contribution is 2.36. The van der Waals surface area contributed by atoms with Crippen LogP contribution in [0.25, 0.3) is 0 Å². The third-order valence-electron chi connectivity index (χ3n) is 4.40. The zero-order valence-electron chi connectivity index (χ0n) is 15.6. The van der Waals surface area contributed by atoms with Gasteiger partial charge < -0.3 is 15.3 Å². The molecule has 0 aliphatic heterocycles. The van der Waals surface area contributed by atoms with E-state index in [9.17, 15) is 20.1 Å². The van der Waals surface area contributed by atoms with Crippen molar-refractivity contribution in [3.63, 3.8) is 0 Å². The highest BCUT2D eigenvalue weighted by Gasteiger charge is 2.46.